The van der Waals surface area contributed by atoms with Crippen LogP contribution in [0.15, 0.2) is 43.5 Å². The molecule has 0 unspecified atom stereocenters. The minimum Gasteiger partial charge on any atom is -0.321 e. The predicted molar refractivity (Wildman–Crippen MR) is 90.4 cm³/mol. The van der Waals surface area contributed by atoms with E-state index in [0.29, 0.717) is 10.6 Å². The molecule has 21 heavy (non-hydrogen) atoms. The molecule has 0 saturated heterocycles. The average Bonchev–Trinajstić information content (AvgIpc) is 2.79. The molecule has 0 radical (unpaired) electrons. The molecule has 2 N–H and O–H groups in total. The van der Waals surface area contributed by atoms with E-state index in [1.165, 1.54) is 30.5 Å². The fourth-order valence-electron chi connectivity index (χ4n) is 1.49. The van der Waals surface area contributed by atoms with Gasteiger partial charge in [-0.2, -0.15) is 0 Å². The maximum absolute atomic E-state index is 12.0. The second kappa shape index (κ2) is 6.57. The van der Waals surface area contributed by atoms with Crippen molar-refractivity contribution in [1.29, 1.82) is 0 Å². The van der Waals surface area contributed by atoms with E-state index in [-0.39, 0.29) is 10.8 Å². The quantitative estimate of drug-likeness (QED) is 0.744. The van der Waals surface area contributed by atoms with Crippen molar-refractivity contribution in [3.63, 3.8) is 0 Å². The fourth-order valence-corrected chi connectivity index (χ4v) is 4.15. The summed E-state index contributed by atoms with van der Waals surface area (Å²) in [5.41, 5.74) is 0.524. The van der Waals surface area contributed by atoms with Crippen LogP contribution >= 0.6 is 43.2 Å². The van der Waals surface area contributed by atoms with Gasteiger partial charge >= 0.3 is 0 Å². The van der Waals surface area contributed by atoms with Crippen LogP contribution in [0.1, 0.15) is 9.67 Å². The first-order chi connectivity index (χ1) is 9.83. The molecule has 0 spiro atoms. The van der Waals surface area contributed by atoms with Gasteiger partial charge in [0.1, 0.15) is 0 Å². The van der Waals surface area contributed by atoms with Gasteiger partial charge in [-0.25, -0.2) is 13.1 Å². The summed E-state index contributed by atoms with van der Waals surface area (Å²) in [5.74, 6) is -0.254. The first-order valence-electron chi connectivity index (χ1n) is 5.63. The maximum Gasteiger partial charge on any atom is 0.265 e. The SMILES string of the molecule is CNS(=O)(=O)c1ccc(NC(=O)c2cc(Br)c(Br)s2)cc1. The lowest BCUT2D eigenvalue weighted by atomic mass is 10.3. The number of carbonyl (C=O) groups is 1. The Balaban J connectivity index is 2.15. The van der Waals surface area contributed by atoms with Crippen LogP contribution < -0.4 is 10.0 Å². The Hall–Kier alpha value is -0.740. The third-order valence-electron chi connectivity index (χ3n) is 2.56. The van der Waals surface area contributed by atoms with Crippen molar-refractivity contribution in [1.82, 2.24) is 4.72 Å². The normalized spacial score (nSPS) is 11.4. The van der Waals surface area contributed by atoms with Gasteiger partial charge in [-0.1, -0.05) is 0 Å². The highest BCUT2D eigenvalue weighted by atomic mass is 79.9. The predicted octanol–water partition coefficient (Wildman–Crippen LogP) is 3.43. The Kier molecular flexibility index (Phi) is 5.20. The molecule has 9 heteroatoms. The molecule has 0 atom stereocenters. The number of amides is 1. The molecule has 0 aliphatic rings. The molecular formula is C12H10Br2N2O3S2. The van der Waals surface area contributed by atoms with Crippen LogP contribution in [0, 0.1) is 0 Å². The Morgan fingerprint density at radius 2 is 1.81 bits per heavy atom. The lowest BCUT2D eigenvalue weighted by Crippen LogP contribution is -2.18. The molecule has 2 rings (SSSR count). The van der Waals surface area contributed by atoms with Crippen LogP contribution in [-0.2, 0) is 10.0 Å². The minimum absolute atomic E-state index is 0.143. The van der Waals surface area contributed by atoms with Gasteiger partial charge in [0.2, 0.25) is 10.0 Å². The molecular weight excluding hydrogens is 444 g/mol. The molecule has 0 saturated carbocycles. The third kappa shape index (κ3) is 3.92. The average molecular weight is 454 g/mol. The van der Waals surface area contributed by atoms with Crippen LogP contribution in [-0.4, -0.2) is 21.4 Å². The van der Waals surface area contributed by atoms with Gasteiger partial charge in [0, 0.05) is 10.2 Å². The molecule has 112 valence electrons. The van der Waals surface area contributed by atoms with Gasteiger partial charge in [-0.3, -0.25) is 4.79 Å². The van der Waals surface area contributed by atoms with Crippen LogP contribution in [0.3, 0.4) is 0 Å². The van der Waals surface area contributed by atoms with Gasteiger partial charge in [-0.15, -0.1) is 11.3 Å². The van der Waals surface area contributed by atoms with Gasteiger partial charge < -0.3 is 5.32 Å². The van der Waals surface area contributed by atoms with E-state index in [2.05, 4.69) is 41.9 Å². The van der Waals surface area contributed by atoms with Crippen molar-refractivity contribution < 1.29 is 13.2 Å². The summed E-state index contributed by atoms with van der Waals surface area (Å²) in [5, 5.41) is 2.71. The molecule has 0 aliphatic heterocycles. The highest BCUT2D eigenvalue weighted by Crippen LogP contribution is 2.32. The van der Waals surface area contributed by atoms with Gasteiger partial charge in [0.25, 0.3) is 5.91 Å². The number of hydrogen-bond acceptors (Lipinski definition) is 4. The van der Waals surface area contributed by atoms with E-state index in [9.17, 15) is 13.2 Å². The number of carbonyl (C=O) groups excluding carboxylic acids is 1. The molecule has 1 aromatic heterocycles. The van der Waals surface area contributed by atoms with Crippen molar-refractivity contribution in [2.24, 2.45) is 0 Å². The summed E-state index contributed by atoms with van der Waals surface area (Å²) < 4.78 is 27.1. The highest BCUT2D eigenvalue weighted by molar-refractivity contribution is 9.13. The maximum atomic E-state index is 12.0. The molecule has 1 amide bonds. The molecule has 0 fully saturated rings. The topological polar surface area (TPSA) is 75.3 Å². The number of rotatable bonds is 4. The molecule has 1 aromatic carbocycles. The number of anilines is 1. The van der Waals surface area contributed by atoms with Crippen molar-refractivity contribution in [2.75, 3.05) is 12.4 Å². The smallest absolute Gasteiger partial charge is 0.265 e. The third-order valence-corrected chi connectivity index (χ3v) is 7.25. The Bertz CT molecular complexity index is 751. The Morgan fingerprint density at radius 3 is 2.29 bits per heavy atom. The summed E-state index contributed by atoms with van der Waals surface area (Å²) in [6.07, 6.45) is 0. The van der Waals surface area contributed by atoms with E-state index >= 15 is 0 Å². The number of nitrogens with one attached hydrogen (secondary N) is 2. The van der Waals surface area contributed by atoms with Crippen LogP contribution in [0.2, 0.25) is 0 Å². The summed E-state index contributed by atoms with van der Waals surface area (Å²) in [6.45, 7) is 0. The lowest BCUT2D eigenvalue weighted by molar-refractivity contribution is 0.103. The summed E-state index contributed by atoms with van der Waals surface area (Å²) in [4.78, 5) is 12.7. The van der Waals surface area contributed by atoms with Gasteiger partial charge in [0.15, 0.2) is 0 Å². The number of halogens is 2. The van der Waals surface area contributed by atoms with Gasteiger partial charge in [0.05, 0.1) is 13.6 Å². The van der Waals surface area contributed by atoms with E-state index < -0.39 is 10.0 Å². The first kappa shape index (κ1) is 16.6. The monoisotopic (exact) mass is 452 g/mol. The number of sulfonamides is 1. The largest absolute Gasteiger partial charge is 0.321 e. The summed E-state index contributed by atoms with van der Waals surface area (Å²) in [7, 11) is -2.13. The first-order valence-corrected chi connectivity index (χ1v) is 9.52. The molecule has 0 bridgehead atoms. The fraction of sp³-hybridized carbons (Fsp3) is 0.0833. The van der Waals surface area contributed by atoms with E-state index in [0.717, 1.165) is 8.26 Å². The number of benzene rings is 1. The zero-order chi connectivity index (χ0) is 15.6. The highest BCUT2D eigenvalue weighted by Gasteiger charge is 2.14. The molecule has 1 heterocycles. The van der Waals surface area contributed by atoms with E-state index in [4.69, 9.17) is 0 Å². The second-order valence-corrected chi connectivity index (χ2v) is 9.03. The Labute approximate surface area is 143 Å². The minimum atomic E-state index is -3.47. The zero-order valence-electron chi connectivity index (χ0n) is 10.7. The summed E-state index contributed by atoms with van der Waals surface area (Å²) in [6, 6.07) is 7.66. The number of hydrogen-bond donors (Lipinski definition) is 2. The molecule has 5 nitrogen and oxygen atoms in total. The van der Waals surface area contributed by atoms with Crippen LogP contribution in [0.25, 0.3) is 0 Å². The van der Waals surface area contributed by atoms with Crippen molar-refractivity contribution in [3.8, 4) is 0 Å². The Morgan fingerprint density at radius 1 is 1.19 bits per heavy atom. The zero-order valence-corrected chi connectivity index (χ0v) is 15.5. The van der Waals surface area contributed by atoms with E-state index in [1.807, 2.05) is 0 Å². The van der Waals surface area contributed by atoms with Crippen molar-refractivity contribution in [2.45, 2.75) is 4.90 Å². The summed E-state index contributed by atoms with van der Waals surface area (Å²) >= 11 is 7.95. The van der Waals surface area contributed by atoms with Crippen molar-refractivity contribution in [3.05, 3.63) is 43.5 Å². The standard InChI is InChI=1S/C12H10Br2N2O3S2/c1-15-21(18,19)8-4-2-7(3-5-8)16-12(17)10-6-9(13)11(14)20-10/h2-6,15H,1H3,(H,16,17). The van der Waals surface area contributed by atoms with Gasteiger partial charge in [-0.05, 0) is 69.2 Å². The second-order valence-electron chi connectivity index (χ2n) is 3.92. The van der Waals surface area contributed by atoms with Crippen molar-refractivity contribution >= 4 is 64.8 Å². The van der Waals surface area contributed by atoms with Crippen LogP contribution in [0.4, 0.5) is 5.69 Å². The molecule has 2 aromatic rings. The number of thiophene rings is 1. The lowest BCUT2D eigenvalue weighted by Gasteiger charge is -2.05. The molecule has 0 aliphatic carbocycles. The van der Waals surface area contributed by atoms with E-state index in [1.54, 1.807) is 18.2 Å². The van der Waals surface area contributed by atoms with Crippen LogP contribution in [0.5, 0.6) is 0 Å².